The monoisotopic (exact) mass is 229 g/mol. The first-order valence-corrected chi connectivity index (χ1v) is 6.13. The van der Waals surface area contributed by atoms with Crippen LogP contribution in [-0.4, -0.2) is 38.1 Å². The van der Waals surface area contributed by atoms with Crippen LogP contribution in [-0.2, 0) is 0 Å². The van der Waals surface area contributed by atoms with Gasteiger partial charge in [0.05, 0.1) is 11.3 Å². The minimum absolute atomic E-state index is 0.681. The lowest BCUT2D eigenvalue weighted by Crippen LogP contribution is -2.42. The predicted molar refractivity (Wildman–Crippen MR) is 70.1 cm³/mol. The van der Waals surface area contributed by atoms with Crippen molar-refractivity contribution in [1.82, 2.24) is 4.90 Å². The van der Waals surface area contributed by atoms with Crippen LogP contribution in [0.15, 0.2) is 24.3 Å². The molecule has 0 aromatic heterocycles. The van der Waals surface area contributed by atoms with E-state index in [2.05, 4.69) is 36.0 Å². The Labute approximate surface area is 103 Å². The summed E-state index contributed by atoms with van der Waals surface area (Å²) in [5.74, 6) is 0. The molecule has 3 heteroatoms. The summed E-state index contributed by atoms with van der Waals surface area (Å²) < 4.78 is 0. The van der Waals surface area contributed by atoms with Crippen LogP contribution in [0.1, 0.15) is 18.4 Å². The second-order valence-corrected chi connectivity index (χ2v) is 4.81. The van der Waals surface area contributed by atoms with Gasteiger partial charge < -0.3 is 9.80 Å². The molecule has 1 aliphatic rings. The van der Waals surface area contributed by atoms with Crippen molar-refractivity contribution in [3.63, 3.8) is 0 Å². The van der Waals surface area contributed by atoms with Gasteiger partial charge in [-0.15, -0.1) is 0 Å². The van der Waals surface area contributed by atoms with Crippen LogP contribution in [0.5, 0.6) is 0 Å². The number of nitriles is 1. The van der Waals surface area contributed by atoms with E-state index in [1.54, 1.807) is 0 Å². The third kappa shape index (κ3) is 2.59. The molecule has 17 heavy (non-hydrogen) atoms. The van der Waals surface area contributed by atoms with E-state index < -0.39 is 0 Å². The second kappa shape index (κ2) is 5.20. The zero-order valence-corrected chi connectivity index (χ0v) is 10.6. The maximum absolute atomic E-state index is 9.10. The van der Waals surface area contributed by atoms with E-state index in [0.717, 1.165) is 24.3 Å². The molecule has 0 bridgehead atoms. The number of rotatable bonds is 2. The van der Waals surface area contributed by atoms with Crippen LogP contribution >= 0.6 is 0 Å². The molecule has 0 atom stereocenters. The molecular formula is C14H19N3. The number of benzene rings is 1. The highest BCUT2D eigenvalue weighted by Crippen LogP contribution is 2.24. The zero-order valence-electron chi connectivity index (χ0n) is 10.6. The molecule has 0 aliphatic carbocycles. The number of piperidine rings is 1. The first kappa shape index (κ1) is 11.9. The Balaban J connectivity index is 2.08. The molecule has 0 unspecified atom stereocenters. The van der Waals surface area contributed by atoms with Crippen molar-refractivity contribution < 1.29 is 0 Å². The molecule has 3 nitrogen and oxygen atoms in total. The van der Waals surface area contributed by atoms with Crippen LogP contribution in [0, 0.1) is 11.3 Å². The van der Waals surface area contributed by atoms with E-state index in [4.69, 9.17) is 5.26 Å². The lowest BCUT2D eigenvalue weighted by Gasteiger charge is -2.36. The Morgan fingerprint density at radius 2 is 1.88 bits per heavy atom. The topological polar surface area (TPSA) is 30.3 Å². The first-order valence-electron chi connectivity index (χ1n) is 6.13. The molecule has 0 N–H and O–H groups in total. The van der Waals surface area contributed by atoms with Gasteiger partial charge in [0.25, 0.3) is 0 Å². The summed E-state index contributed by atoms with van der Waals surface area (Å²) in [6.45, 7) is 2.09. The fraction of sp³-hybridized carbons (Fsp3) is 0.500. The number of hydrogen-bond acceptors (Lipinski definition) is 3. The van der Waals surface area contributed by atoms with Gasteiger partial charge in [0, 0.05) is 19.1 Å². The van der Waals surface area contributed by atoms with E-state index >= 15 is 0 Å². The maximum Gasteiger partial charge on any atom is 0.101 e. The summed E-state index contributed by atoms with van der Waals surface area (Å²) >= 11 is 0. The third-order valence-corrected chi connectivity index (χ3v) is 3.56. The van der Waals surface area contributed by atoms with Crippen LogP contribution in [0.3, 0.4) is 0 Å². The van der Waals surface area contributed by atoms with Crippen molar-refractivity contribution >= 4 is 5.69 Å². The Hall–Kier alpha value is -1.53. The van der Waals surface area contributed by atoms with E-state index in [1.807, 2.05) is 18.2 Å². The van der Waals surface area contributed by atoms with Crippen molar-refractivity contribution in [1.29, 1.82) is 5.26 Å². The highest BCUT2D eigenvalue weighted by Gasteiger charge is 2.21. The van der Waals surface area contributed by atoms with Gasteiger partial charge in [0.15, 0.2) is 0 Å². The summed E-state index contributed by atoms with van der Waals surface area (Å²) in [5, 5.41) is 9.10. The summed E-state index contributed by atoms with van der Waals surface area (Å²) in [5.41, 5.74) is 1.88. The fourth-order valence-corrected chi connectivity index (χ4v) is 2.47. The van der Waals surface area contributed by atoms with Gasteiger partial charge in [0.2, 0.25) is 0 Å². The molecular weight excluding hydrogens is 210 g/mol. The van der Waals surface area contributed by atoms with Crippen LogP contribution < -0.4 is 4.90 Å². The summed E-state index contributed by atoms with van der Waals surface area (Å²) in [7, 11) is 4.28. The van der Waals surface area contributed by atoms with Crippen molar-refractivity contribution in [2.75, 3.05) is 32.1 Å². The molecule has 1 aromatic rings. The maximum atomic E-state index is 9.10. The van der Waals surface area contributed by atoms with Gasteiger partial charge in [-0.2, -0.15) is 5.26 Å². The molecule has 1 aliphatic heterocycles. The number of nitrogens with zero attached hydrogens (tertiary/aromatic N) is 3. The number of anilines is 1. The molecule has 0 amide bonds. The van der Waals surface area contributed by atoms with Gasteiger partial charge in [-0.3, -0.25) is 0 Å². The fourth-order valence-electron chi connectivity index (χ4n) is 2.47. The smallest absolute Gasteiger partial charge is 0.101 e. The molecule has 0 spiro atoms. The standard InChI is InChI=1S/C14H19N3/c1-16(2)13-7-9-17(10-8-13)14-6-4-3-5-12(14)11-15/h3-6,13H,7-10H2,1-2H3. The largest absolute Gasteiger partial charge is 0.370 e. The molecule has 0 radical (unpaired) electrons. The van der Waals surface area contributed by atoms with E-state index in [1.165, 1.54) is 12.8 Å². The lowest BCUT2D eigenvalue weighted by atomic mass is 10.0. The quantitative estimate of drug-likeness (QED) is 0.778. The van der Waals surface area contributed by atoms with Crippen molar-refractivity contribution in [3.05, 3.63) is 29.8 Å². The highest BCUT2D eigenvalue weighted by molar-refractivity contribution is 5.59. The first-order chi connectivity index (χ1) is 8.22. The van der Waals surface area contributed by atoms with Gasteiger partial charge >= 0.3 is 0 Å². The normalized spacial score (nSPS) is 17.2. The molecule has 1 saturated heterocycles. The minimum atomic E-state index is 0.681. The molecule has 0 saturated carbocycles. The average Bonchev–Trinajstić information content (AvgIpc) is 2.39. The Bertz CT molecular complexity index is 412. The highest BCUT2D eigenvalue weighted by atomic mass is 15.2. The molecule has 1 heterocycles. The van der Waals surface area contributed by atoms with Crippen LogP contribution in [0.25, 0.3) is 0 Å². The third-order valence-electron chi connectivity index (χ3n) is 3.56. The molecule has 1 fully saturated rings. The van der Waals surface area contributed by atoms with Crippen LogP contribution in [0.2, 0.25) is 0 Å². The lowest BCUT2D eigenvalue weighted by molar-refractivity contribution is 0.249. The Kier molecular flexibility index (Phi) is 3.65. The molecule has 90 valence electrons. The van der Waals surface area contributed by atoms with Crippen LogP contribution in [0.4, 0.5) is 5.69 Å². The second-order valence-electron chi connectivity index (χ2n) is 4.81. The molecule has 2 rings (SSSR count). The van der Waals surface area contributed by atoms with Gasteiger partial charge in [-0.25, -0.2) is 0 Å². The van der Waals surface area contributed by atoms with Gasteiger partial charge in [0.1, 0.15) is 6.07 Å². The summed E-state index contributed by atoms with van der Waals surface area (Å²) in [6, 6.07) is 10.8. The van der Waals surface area contributed by atoms with E-state index in [9.17, 15) is 0 Å². The number of hydrogen-bond donors (Lipinski definition) is 0. The average molecular weight is 229 g/mol. The van der Waals surface area contributed by atoms with Crippen molar-refractivity contribution in [2.24, 2.45) is 0 Å². The number of para-hydroxylation sites is 1. The van der Waals surface area contributed by atoms with E-state index in [0.29, 0.717) is 6.04 Å². The van der Waals surface area contributed by atoms with Gasteiger partial charge in [-0.05, 0) is 39.1 Å². The van der Waals surface area contributed by atoms with Crippen molar-refractivity contribution in [3.8, 4) is 6.07 Å². The van der Waals surface area contributed by atoms with E-state index in [-0.39, 0.29) is 0 Å². The molecule has 1 aromatic carbocycles. The zero-order chi connectivity index (χ0) is 12.3. The Morgan fingerprint density at radius 1 is 1.24 bits per heavy atom. The minimum Gasteiger partial charge on any atom is -0.370 e. The Morgan fingerprint density at radius 3 is 2.47 bits per heavy atom. The van der Waals surface area contributed by atoms with Crippen molar-refractivity contribution in [2.45, 2.75) is 18.9 Å². The predicted octanol–water partition coefficient (Wildman–Crippen LogP) is 2.09. The van der Waals surface area contributed by atoms with Gasteiger partial charge in [-0.1, -0.05) is 12.1 Å². The SMILES string of the molecule is CN(C)C1CCN(c2ccccc2C#N)CC1. The summed E-state index contributed by atoms with van der Waals surface area (Å²) in [4.78, 5) is 4.63. The summed E-state index contributed by atoms with van der Waals surface area (Å²) in [6.07, 6.45) is 2.35.